The van der Waals surface area contributed by atoms with Gasteiger partial charge in [-0.2, -0.15) is 5.10 Å². The minimum Gasteiger partial charge on any atom is -0.486 e. The van der Waals surface area contributed by atoms with Crippen molar-refractivity contribution < 1.29 is 9.13 Å². The number of nitrogens with zero attached hydrogens (tertiary/aromatic N) is 5. The number of fused-ring (bicyclic) bond motifs is 1. The van der Waals surface area contributed by atoms with Crippen LogP contribution in [0.2, 0.25) is 0 Å². The minimum atomic E-state index is -0.491. The molecule has 5 rings (SSSR count). The van der Waals surface area contributed by atoms with Gasteiger partial charge in [0, 0.05) is 36.8 Å². The van der Waals surface area contributed by atoms with Crippen molar-refractivity contribution in [3.05, 3.63) is 95.4 Å². The summed E-state index contributed by atoms with van der Waals surface area (Å²) < 4.78 is 22.0. The van der Waals surface area contributed by atoms with E-state index in [1.54, 1.807) is 30.2 Å². The van der Waals surface area contributed by atoms with E-state index in [0.29, 0.717) is 22.5 Å². The number of pyridine rings is 1. The monoisotopic (exact) mass is 454 g/mol. The molecular formula is C26H22FN5O2. The predicted molar refractivity (Wildman–Crippen MR) is 128 cm³/mol. The summed E-state index contributed by atoms with van der Waals surface area (Å²) in [5.41, 5.74) is 4.04. The number of rotatable bonds is 7. The van der Waals surface area contributed by atoms with Gasteiger partial charge in [0.25, 0.3) is 5.56 Å². The summed E-state index contributed by atoms with van der Waals surface area (Å²) in [6.45, 7) is -0.144. The molecule has 3 aromatic heterocycles. The van der Waals surface area contributed by atoms with E-state index in [9.17, 15) is 9.18 Å². The van der Waals surface area contributed by atoms with Crippen molar-refractivity contribution in [3.8, 4) is 28.1 Å². The average Bonchev–Trinajstić information content (AvgIpc) is 3.30. The lowest BCUT2D eigenvalue weighted by Crippen LogP contribution is -2.23. The Morgan fingerprint density at radius 2 is 1.74 bits per heavy atom. The summed E-state index contributed by atoms with van der Waals surface area (Å²) in [6.07, 6.45) is 5.29. The Balaban J connectivity index is 1.39. The van der Waals surface area contributed by atoms with E-state index in [4.69, 9.17) is 4.74 Å². The van der Waals surface area contributed by atoms with Crippen molar-refractivity contribution in [3.63, 3.8) is 0 Å². The van der Waals surface area contributed by atoms with E-state index in [-0.39, 0.29) is 18.7 Å². The van der Waals surface area contributed by atoms with Gasteiger partial charge in [0.05, 0.1) is 17.4 Å². The van der Waals surface area contributed by atoms with E-state index in [0.717, 1.165) is 22.4 Å². The lowest BCUT2D eigenvalue weighted by Gasteiger charge is -2.11. The Bertz CT molecular complexity index is 1490. The average molecular weight is 454 g/mol. The molecule has 0 unspecified atom stereocenters. The number of halogens is 1. The van der Waals surface area contributed by atoms with Crippen molar-refractivity contribution in [1.82, 2.24) is 24.3 Å². The van der Waals surface area contributed by atoms with E-state index in [2.05, 4.69) is 15.1 Å². The third kappa shape index (κ3) is 4.17. The molecule has 0 aliphatic carbocycles. The largest absolute Gasteiger partial charge is 0.486 e. The molecule has 0 atom stereocenters. The van der Waals surface area contributed by atoms with Crippen LogP contribution in [0.1, 0.15) is 5.82 Å². The summed E-state index contributed by atoms with van der Waals surface area (Å²) in [5, 5.41) is 5.17. The summed E-state index contributed by atoms with van der Waals surface area (Å²) >= 11 is 0. The van der Waals surface area contributed by atoms with Gasteiger partial charge in [-0.05, 0) is 54.1 Å². The van der Waals surface area contributed by atoms with Gasteiger partial charge >= 0.3 is 0 Å². The molecular weight excluding hydrogens is 432 g/mol. The second-order valence-electron chi connectivity index (χ2n) is 7.80. The van der Waals surface area contributed by atoms with Crippen LogP contribution in [0, 0.1) is 0 Å². The second-order valence-corrected chi connectivity index (χ2v) is 7.80. The maximum Gasteiger partial charge on any atom is 0.261 e. The molecule has 0 aliphatic rings. The number of alkyl halides is 1. The van der Waals surface area contributed by atoms with Crippen LogP contribution in [0.4, 0.5) is 4.39 Å². The van der Waals surface area contributed by atoms with Crippen LogP contribution in [0.25, 0.3) is 33.3 Å². The Kier molecular flexibility index (Phi) is 5.86. The molecule has 5 aromatic rings. The molecule has 0 aliphatic heterocycles. The molecule has 7 nitrogen and oxygen atoms in total. The maximum absolute atomic E-state index is 12.9. The first-order valence-electron chi connectivity index (χ1n) is 10.9. The highest BCUT2D eigenvalue weighted by atomic mass is 18.2. The van der Waals surface area contributed by atoms with Crippen LogP contribution < -0.4 is 10.3 Å². The fraction of sp³-hybridized carbons (Fsp3) is 0.154. The predicted octanol–water partition coefficient (Wildman–Crippen LogP) is 4.41. The quantitative estimate of drug-likeness (QED) is 0.364. The highest BCUT2D eigenvalue weighted by molar-refractivity contribution is 5.80. The minimum absolute atomic E-state index is 0.105. The standard InChI is InChI=1S/C26H22FN5O2/c1-31-24(29-23-5-3-2-4-21(23)26(31)33)17-34-20-8-6-19(7-9-20)25-22(16-32(30-25)15-12-27)18-10-13-28-14-11-18/h2-11,13-14,16H,12,15,17H2,1H3/i27-1. The van der Waals surface area contributed by atoms with Crippen molar-refractivity contribution in [2.45, 2.75) is 13.2 Å². The van der Waals surface area contributed by atoms with Crippen LogP contribution in [0.3, 0.4) is 0 Å². The van der Waals surface area contributed by atoms with Crippen LogP contribution in [0.15, 0.2) is 84.0 Å². The van der Waals surface area contributed by atoms with Gasteiger partial charge in [0.1, 0.15) is 30.5 Å². The zero-order valence-electron chi connectivity index (χ0n) is 18.6. The fourth-order valence-corrected chi connectivity index (χ4v) is 3.83. The Labute approximate surface area is 195 Å². The van der Waals surface area contributed by atoms with Gasteiger partial charge in [-0.3, -0.25) is 19.0 Å². The van der Waals surface area contributed by atoms with Gasteiger partial charge in [-0.15, -0.1) is 0 Å². The molecule has 0 fully saturated rings. The first kappa shape index (κ1) is 21.5. The van der Waals surface area contributed by atoms with Crippen molar-refractivity contribution in [2.75, 3.05) is 6.67 Å². The molecule has 0 spiro atoms. The Morgan fingerprint density at radius 3 is 2.50 bits per heavy atom. The summed E-state index contributed by atoms with van der Waals surface area (Å²) in [7, 11) is 1.69. The molecule has 34 heavy (non-hydrogen) atoms. The number of benzene rings is 2. The smallest absolute Gasteiger partial charge is 0.261 e. The first-order valence-corrected chi connectivity index (χ1v) is 10.9. The molecule has 0 N–H and O–H groups in total. The van der Waals surface area contributed by atoms with Crippen LogP contribution in [0.5, 0.6) is 5.75 Å². The molecule has 0 bridgehead atoms. The third-order valence-corrected chi connectivity index (χ3v) is 5.64. The van der Waals surface area contributed by atoms with E-state index in [1.165, 1.54) is 4.57 Å². The molecule has 0 saturated heterocycles. The molecule has 2 aromatic carbocycles. The zero-order chi connectivity index (χ0) is 23.5. The normalized spacial score (nSPS) is 11.1. The molecule has 0 amide bonds. The maximum atomic E-state index is 12.9. The highest BCUT2D eigenvalue weighted by Crippen LogP contribution is 2.31. The number of aryl methyl sites for hydroxylation is 1. The number of hydrogen-bond donors (Lipinski definition) is 0. The third-order valence-electron chi connectivity index (χ3n) is 5.64. The molecule has 170 valence electrons. The lowest BCUT2D eigenvalue weighted by molar-refractivity contribution is 0.290. The van der Waals surface area contributed by atoms with Gasteiger partial charge in [0.2, 0.25) is 0 Å². The topological polar surface area (TPSA) is 74.8 Å². The van der Waals surface area contributed by atoms with Crippen LogP contribution >= 0.6 is 0 Å². The van der Waals surface area contributed by atoms with Gasteiger partial charge in [-0.25, -0.2) is 9.37 Å². The Morgan fingerprint density at radius 1 is 0.971 bits per heavy atom. The zero-order valence-corrected chi connectivity index (χ0v) is 18.6. The van der Waals surface area contributed by atoms with Crippen LogP contribution in [-0.4, -0.2) is 31.0 Å². The number of ether oxygens (including phenoxy) is 1. The molecule has 8 heteroatoms. The van der Waals surface area contributed by atoms with Crippen LogP contribution in [-0.2, 0) is 20.2 Å². The van der Waals surface area contributed by atoms with Crippen molar-refractivity contribution in [1.29, 1.82) is 0 Å². The SMILES string of the molecule is Cn1c(COc2ccc(-c3nn(CC[18F])cc3-c3ccncc3)cc2)nc2ccccc2c1=O. The van der Waals surface area contributed by atoms with Gasteiger partial charge in [0.15, 0.2) is 0 Å². The van der Waals surface area contributed by atoms with E-state index >= 15 is 0 Å². The number of aromatic nitrogens is 5. The Hall–Kier alpha value is -4.33. The second kappa shape index (κ2) is 9.27. The first-order chi connectivity index (χ1) is 16.6. The lowest BCUT2D eigenvalue weighted by atomic mass is 10.0. The van der Waals surface area contributed by atoms with Gasteiger partial charge < -0.3 is 4.74 Å². The number of para-hydroxylation sites is 1. The molecule has 0 radical (unpaired) electrons. The number of hydrogen-bond acceptors (Lipinski definition) is 5. The molecule has 3 heterocycles. The molecule has 0 saturated carbocycles. The van der Waals surface area contributed by atoms with Crippen molar-refractivity contribution in [2.24, 2.45) is 7.05 Å². The summed E-state index contributed by atoms with van der Waals surface area (Å²) in [4.78, 5) is 21.2. The van der Waals surface area contributed by atoms with E-state index < -0.39 is 6.67 Å². The van der Waals surface area contributed by atoms with E-state index in [1.807, 2.05) is 60.8 Å². The summed E-state index contributed by atoms with van der Waals surface area (Å²) in [5.74, 6) is 1.18. The fourth-order valence-electron chi connectivity index (χ4n) is 3.83. The summed E-state index contributed by atoms with van der Waals surface area (Å²) in [6, 6.07) is 18.6. The van der Waals surface area contributed by atoms with Crippen molar-refractivity contribution >= 4 is 10.9 Å². The van der Waals surface area contributed by atoms with Gasteiger partial charge in [-0.1, -0.05) is 12.1 Å². The highest BCUT2D eigenvalue weighted by Gasteiger charge is 2.14.